The van der Waals surface area contributed by atoms with Crippen LogP contribution in [0.15, 0.2) is 15.7 Å². The Morgan fingerprint density at radius 3 is 2.29 bits per heavy atom. The highest BCUT2D eigenvalue weighted by Gasteiger charge is 2.25. The molecule has 116 valence electrons. The summed E-state index contributed by atoms with van der Waals surface area (Å²) in [6, 6.07) is -1.16. The van der Waals surface area contributed by atoms with Crippen LogP contribution in [0, 0.1) is 6.92 Å². The van der Waals surface area contributed by atoms with Gasteiger partial charge in [-0.25, -0.2) is 19.0 Å². The van der Waals surface area contributed by atoms with Crippen LogP contribution in [0.5, 0.6) is 0 Å². The molecule has 1 aromatic heterocycles. The number of carbonyl (C=O) groups excluding carboxylic acids is 1. The third kappa shape index (κ3) is 3.21. The van der Waals surface area contributed by atoms with E-state index in [0.29, 0.717) is 4.57 Å². The van der Waals surface area contributed by atoms with E-state index in [1.165, 1.54) is 20.8 Å². The molecule has 0 saturated carbocycles. The number of hydrogen-bond acceptors (Lipinski definition) is 5. The Morgan fingerprint density at radius 2 is 1.81 bits per heavy atom. The van der Waals surface area contributed by atoms with E-state index < -0.39 is 35.3 Å². The standard InChI is InChI=1S/C13H18N2O6/c1-5-21-12(19)9(4)15-10(16)6-7(2)14(13(15)20)8(3)11(17)18/h6,8-9H,5H2,1-4H3,(H,17,18)/t8-,9?/m0/s1. The Morgan fingerprint density at radius 1 is 1.24 bits per heavy atom. The van der Waals surface area contributed by atoms with E-state index in [1.54, 1.807) is 6.92 Å². The molecule has 8 nitrogen and oxygen atoms in total. The number of carboxylic acids is 1. The third-order valence-electron chi connectivity index (χ3n) is 3.12. The Bertz CT molecular complexity index is 672. The van der Waals surface area contributed by atoms with E-state index in [4.69, 9.17) is 9.84 Å². The van der Waals surface area contributed by atoms with Gasteiger partial charge >= 0.3 is 17.6 Å². The normalized spacial score (nSPS) is 13.5. The Hall–Kier alpha value is -2.38. The summed E-state index contributed by atoms with van der Waals surface area (Å²) in [7, 11) is 0. The number of carbonyl (C=O) groups is 2. The Balaban J connectivity index is 3.52. The first-order valence-electron chi connectivity index (χ1n) is 6.46. The van der Waals surface area contributed by atoms with Gasteiger partial charge in [0.1, 0.15) is 12.1 Å². The number of esters is 1. The van der Waals surface area contributed by atoms with Gasteiger partial charge in [0.15, 0.2) is 0 Å². The molecule has 0 fully saturated rings. The van der Waals surface area contributed by atoms with Crippen molar-refractivity contribution < 1.29 is 19.4 Å². The molecule has 0 saturated heterocycles. The van der Waals surface area contributed by atoms with Crippen molar-refractivity contribution in [1.82, 2.24) is 9.13 Å². The van der Waals surface area contributed by atoms with Crippen LogP contribution < -0.4 is 11.2 Å². The van der Waals surface area contributed by atoms with Crippen LogP contribution in [0.1, 0.15) is 38.5 Å². The molecule has 1 N–H and O–H groups in total. The zero-order valence-electron chi connectivity index (χ0n) is 12.3. The summed E-state index contributed by atoms with van der Waals surface area (Å²) in [6.45, 7) is 5.85. The Labute approximate surface area is 120 Å². The molecule has 0 aliphatic rings. The van der Waals surface area contributed by atoms with E-state index in [9.17, 15) is 19.2 Å². The second-order valence-corrected chi connectivity index (χ2v) is 4.59. The van der Waals surface area contributed by atoms with Gasteiger partial charge in [0.2, 0.25) is 0 Å². The fourth-order valence-electron chi connectivity index (χ4n) is 1.99. The smallest absolute Gasteiger partial charge is 0.332 e. The minimum Gasteiger partial charge on any atom is -0.480 e. The molecule has 2 atom stereocenters. The van der Waals surface area contributed by atoms with Gasteiger partial charge in [-0.2, -0.15) is 0 Å². The second-order valence-electron chi connectivity index (χ2n) is 4.59. The number of nitrogens with zero attached hydrogens (tertiary/aromatic N) is 2. The minimum atomic E-state index is -1.21. The maximum absolute atomic E-state index is 12.4. The summed E-state index contributed by atoms with van der Waals surface area (Å²) in [4.78, 5) is 47.1. The monoisotopic (exact) mass is 298 g/mol. The predicted molar refractivity (Wildman–Crippen MR) is 73.4 cm³/mol. The number of carboxylic acid groups (broad SMARTS) is 1. The fourth-order valence-corrected chi connectivity index (χ4v) is 1.99. The number of aliphatic carboxylic acids is 1. The van der Waals surface area contributed by atoms with E-state index in [-0.39, 0.29) is 12.3 Å². The van der Waals surface area contributed by atoms with Gasteiger partial charge in [0, 0.05) is 11.8 Å². The number of rotatable bonds is 5. The molecule has 0 amide bonds. The van der Waals surface area contributed by atoms with E-state index in [2.05, 4.69) is 0 Å². The summed E-state index contributed by atoms with van der Waals surface area (Å²) < 4.78 is 6.44. The van der Waals surface area contributed by atoms with Gasteiger partial charge < -0.3 is 9.84 Å². The highest BCUT2D eigenvalue weighted by atomic mass is 16.5. The first-order chi connectivity index (χ1) is 9.72. The van der Waals surface area contributed by atoms with Crippen molar-refractivity contribution in [2.45, 2.75) is 39.8 Å². The summed E-state index contributed by atoms with van der Waals surface area (Å²) >= 11 is 0. The molecule has 21 heavy (non-hydrogen) atoms. The van der Waals surface area contributed by atoms with Crippen LogP contribution >= 0.6 is 0 Å². The third-order valence-corrected chi connectivity index (χ3v) is 3.12. The van der Waals surface area contributed by atoms with Gasteiger partial charge in [-0.3, -0.25) is 9.36 Å². The SMILES string of the molecule is CCOC(=O)C(C)n1c(=O)cc(C)n([C@@H](C)C(=O)O)c1=O. The van der Waals surface area contributed by atoms with Crippen molar-refractivity contribution in [2.24, 2.45) is 0 Å². The second kappa shape index (κ2) is 6.38. The summed E-state index contributed by atoms with van der Waals surface area (Å²) in [6.07, 6.45) is 0. The number of ether oxygens (including phenoxy) is 1. The maximum Gasteiger partial charge on any atom is 0.332 e. The first kappa shape index (κ1) is 16.7. The fraction of sp³-hybridized carbons (Fsp3) is 0.538. The van der Waals surface area contributed by atoms with Crippen LogP contribution in [-0.4, -0.2) is 32.8 Å². The van der Waals surface area contributed by atoms with E-state index in [1.807, 2.05) is 0 Å². The number of aryl methyl sites for hydroxylation is 1. The minimum absolute atomic E-state index is 0.115. The Kier molecular flexibility index (Phi) is 5.07. The molecule has 1 unspecified atom stereocenters. The van der Waals surface area contributed by atoms with Crippen molar-refractivity contribution in [3.05, 3.63) is 32.6 Å². The number of hydrogen-bond donors (Lipinski definition) is 1. The molecule has 0 radical (unpaired) electrons. The highest BCUT2D eigenvalue weighted by Crippen LogP contribution is 2.07. The number of aromatic nitrogens is 2. The van der Waals surface area contributed by atoms with Crippen molar-refractivity contribution in [1.29, 1.82) is 0 Å². The van der Waals surface area contributed by atoms with Crippen molar-refractivity contribution in [3.63, 3.8) is 0 Å². The first-order valence-corrected chi connectivity index (χ1v) is 6.46. The predicted octanol–water partition coefficient (Wildman–Crippen LogP) is 0.0881. The lowest BCUT2D eigenvalue weighted by atomic mass is 10.2. The molecule has 1 rings (SSSR count). The molecule has 0 bridgehead atoms. The molecule has 0 aliphatic heterocycles. The van der Waals surface area contributed by atoms with Crippen LogP contribution in [0.25, 0.3) is 0 Å². The van der Waals surface area contributed by atoms with Gasteiger partial charge in [-0.05, 0) is 27.7 Å². The molecular formula is C13H18N2O6. The zero-order chi connectivity index (χ0) is 16.3. The van der Waals surface area contributed by atoms with Crippen LogP contribution in [-0.2, 0) is 14.3 Å². The van der Waals surface area contributed by atoms with Gasteiger partial charge in [-0.1, -0.05) is 0 Å². The largest absolute Gasteiger partial charge is 0.480 e. The molecule has 0 aliphatic carbocycles. The lowest BCUT2D eigenvalue weighted by Gasteiger charge is -2.19. The molecule has 8 heteroatoms. The van der Waals surface area contributed by atoms with Crippen LogP contribution in [0.4, 0.5) is 0 Å². The topological polar surface area (TPSA) is 108 Å². The molecule has 1 aromatic rings. The van der Waals surface area contributed by atoms with Crippen LogP contribution in [0.2, 0.25) is 0 Å². The summed E-state index contributed by atoms with van der Waals surface area (Å²) in [5.74, 6) is -1.94. The lowest BCUT2D eigenvalue weighted by molar-refractivity contribution is -0.146. The average molecular weight is 298 g/mol. The van der Waals surface area contributed by atoms with E-state index in [0.717, 1.165) is 10.6 Å². The quantitative estimate of drug-likeness (QED) is 0.772. The van der Waals surface area contributed by atoms with Gasteiger partial charge in [0.05, 0.1) is 6.61 Å². The molecule has 0 spiro atoms. The zero-order valence-corrected chi connectivity index (χ0v) is 12.3. The summed E-state index contributed by atoms with van der Waals surface area (Å²) in [5, 5.41) is 9.04. The molecule has 0 aromatic carbocycles. The lowest BCUT2D eigenvalue weighted by Crippen LogP contribution is -2.46. The van der Waals surface area contributed by atoms with Crippen molar-refractivity contribution >= 4 is 11.9 Å². The van der Waals surface area contributed by atoms with Crippen molar-refractivity contribution in [3.8, 4) is 0 Å². The molecule has 1 heterocycles. The van der Waals surface area contributed by atoms with E-state index >= 15 is 0 Å². The summed E-state index contributed by atoms with van der Waals surface area (Å²) in [5.41, 5.74) is -1.31. The highest BCUT2D eigenvalue weighted by molar-refractivity contribution is 5.74. The van der Waals surface area contributed by atoms with Gasteiger partial charge in [0.25, 0.3) is 5.56 Å². The molecular weight excluding hydrogens is 280 g/mol. The van der Waals surface area contributed by atoms with Crippen molar-refractivity contribution in [2.75, 3.05) is 6.61 Å². The maximum atomic E-state index is 12.4. The van der Waals surface area contributed by atoms with Crippen LogP contribution in [0.3, 0.4) is 0 Å². The average Bonchev–Trinajstić information content (AvgIpc) is 2.37. The van der Waals surface area contributed by atoms with Gasteiger partial charge in [-0.15, -0.1) is 0 Å².